The van der Waals surface area contributed by atoms with Gasteiger partial charge in [-0.05, 0) is 63.4 Å². The van der Waals surface area contributed by atoms with Crippen molar-refractivity contribution in [2.75, 3.05) is 31.1 Å². The highest BCUT2D eigenvalue weighted by Gasteiger charge is 2.26. The number of anilines is 1. The van der Waals surface area contributed by atoms with Gasteiger partial charge in [0.1, 0.15) is 0 Å². The van der Waals surface area contributed by atoms with E-state index < -0.39 is 0 Å². The molecule has 118 valence electrons. The normalized spacial score (nSPS) is 21.6. The van der Waals surface area contributed by atoms with Gasteiger partial charge in [-0.25, -0.2) is 4.98 Å². The lowest BCUT2D eigenvalue weighted by Gasteiger charge is -2.40. The molecule has 4 rings (SSSR count). The van der Waals surface area contributed by atoms with Crippen molar-refractivity contribution in [1.29, 1.82) is 0 Å². The maximum absolute atomic E-state index is 4.85. The Morgan fingerprint density at radius 2 is 1.82 bits per heavy atom. The molecule has 1 aromatic heterocycles. The van der Waals surface area contributed by atoms with Crippen LogP contribution in [0.3, 0.4) is 0 Å². The molecule has 0 bridgehead atoms. The van der Waals surface area contributed by atoms with E-state index in [1.807, 2.05) is 11.3 Å². The molecule has 0 unspecified atom stereocenters. The molecule has 2 aliphatic heterocycles. The van der Waals surface area contributed by atoms with Crippen LogP contribution in [-0.2, 0) is 0 Å². The Bertz CT molecular complexity index is 637. The third-order valence-electron chi connectivity index (χ3n) is 5.17. The van der Waals surface area contributed by atoms with Gasteiger partial charge >= 0.3 is 0 Å². The number of aromatic nitrogens is 1. The van der Waals surface area contributed by atoms with Gasteiger partial charge in [0.25, 0.3) is 0 Å². The average molecular weight is 315 g/mol. The average Bonchev–Trinajstić information content (AvgIpc) is 2.99. The molecule has 4 heteroatoms. The molecule has 0 aliphatic carbocycles. The molecular weight excluding hydrogens is 290 g/mol. The second-order valence-corrected chi connectivity index (χ2v) is 7.79. The second-order valence-electron chi connectivity index (χ2n) is 6.78. The van der Waals surface area contributed by atoms with Gasteiger partial charge in [0.2, 0.25) is 0 Å². The molecule has 1 aromatic carbocycles. The van der Waals surface area contributed by atoms with Crippen LogP contribution in [0.2, 0.25) is 0 Å². The summed E-state index contributed by atoms with van der Waals surface area (Å²) in [6.45, 7) is 7.14. The first-order valence-electron chi connectivity index (χ1n) is 8.66. The fourth-order valence-electron chi connectivity index (χ4n) is 3.86. The smallest absolute Gasteiger partial charge is 0.186 e. The first-order valence-corrected chi connectivity index (χ1v) is 9.47. The lowest BCUT2D eigenvalue weighted by atomic mass is 10.0. The molecule has 2 aromatic rings. The lowest BCUT2D eigenvalue weighted by molar-refractivity contribution is 0.141. The quantitative estimate of drug-likeness (QED) is 0.833. The van der Waals surface area contributed by atoms with E-state index in [1.165, 1.54) is 73.7 Å². The van der Waals surface area contributed by atoms with Crippen molar-refractivity contribution in [1.82, 2.24) is 9.88 Å². The topological polar surface area (TPSA) is 19.4 Å². The maximum Gasteiger partial charge on any atom is 0.186 e. The third kappa shape index (κ3) is 2.86. The highest BCUT2D eigenvalue weighted by molar-refractivity contribution is 7.22. The molecule has 2 saturated heterocycles. The Balaban J connectivity index is 1.43. The van der Waals surface area contributed by atoms with Crippen LogP contribution in [-0.4, -0.2) is 42.1 Å². The van der Waals surface area contributed by atoms with Gasteiger partial charge in [-0.2, -0.15) is 0 Å². The summed E-state index contributed by atoms with van der Waals surface area (Å²) in [5, 5.41) is 1.22. The minimum Gasteiger partial charge on any atom is -0.348 e. The fraction of sp³-hybridized carbons (Fsp3) is 0.611. The largest absolute Gasteiger partial charge is 0.348 e. The Hall–Kier alpha value is -1.13. The van der Waals surface area contributed by atoms with Crippen molar-refractivity contribution in [3.63, 3.8) is 0 Å². The number of hydrogen-bond acceptors (Lipinski definition) is 4. The van der Waals surface area contributed by atoms with Crippen LogP contribution < -0.4 is 4.90 Å². The highest BCUT2D eigenvalue weighted by atomic mass is 32.1. The standard InChI is InChI=1S/C18H25N3S/c1-14-5-6-16-17(13-14)22-18(19-16)21-11-7-15(8-12-21)20-9-3-2-4-10-20/h5-6,13,15H,2-4,7-12H2,1H3. The highest BCUT2D eigenvalue weighted by Crippen LogP contribution is 2.32. The molecule has 3 nitrogen and oxygen atoms in total. The predicted octanol–water partition coefficient (Wildman–Crippen LogP) is 4.06. The van der Waals surface area contributed by atoms with E-state index in [4.69, 9.17) is 4.98 Å². The zero-order valence-corrected chi connectivity index (χ0v) is 14.2. The first kappa shape index (κ1) is 14.5. The Labute approximate surface area is 136 Å². The van der Waals surface area contributed by atoms with Crippen LogP contribution in [0.5, 0.6) is 0 Å². The van der Waals surface area contributed by atoms with E-state index in [1.54, 1.807) is 0 Å². The number of nitrogens with zero attached hydrogens (tertiary/aromatic N) is 3. The number of fused-ring (bicyclic) bond motifs is 1. The number of aryl methyl sites for hydroxylation is 1. The fourth-order valence-corrected chi connectivity index (χ4v) is 4.98. The van der Waals surface area contributed by atoms with E-state index >= 15 is 0 Å². The van der Waals surface area contributed by atoms with Gasteiger partial charge in [0.15, 0.2) is 5.13 Å². The summed E-state index contributed by atoms with van der Waals surface area (Å²) in [6, 6.07) is 7.39. The summed E-state index contributed by atoms with van der Waals surface area (Å²) in [4.78, 5) is 10.1. The molecule has 2 aliphatic rings. The summed E-state index contributed by atoms with van der Waals surface area (Å²) in [7, 11) is 0. The minimum absolute atomic E-state index is 0.813. The van der Waals surface area contributed by atoms with Crippen LogP contribution in [0.4, 0.5) is 5.13 Å². The number of rotatable bonds is 2. The maximum atomic E-state index is 4.85. The Kier molecular flexibility index (Phi) is 4.05. The van der Waals surface area contributed by atoms with Gasteiger partial charge in [0, 0.05) is 19.1 Å². The van der Waals surface area contributed by atoms with E-state index in [9.17, 15) is 0 Å². The molecule has 0 N–H and O–H groups in total. The number of benzene rings is 1. The van der Waals surface area contributed by atoms with Crippen molar-refractivity contribution in [3.05, 3.63) is 23.8 Å². The molecule has 0 radical (unpaired) electrons. The van der Waals surface area contributed by atoms with Crippen LogP contribution >= 0.6 is 11.3 Å². The number of hydrogen-bond donors (Lipinski definition) is 0. The predicted molar refractivity (Wildman–Crippen MR) is 95.0 cm³/mol. The van der Waals surface area contributed by atoms with Crippen molar-refractivity contribution in [3.8, 4) is 0 Å². The van der Waals surface area contributed by atoms with Gasteiger partial charge in [-0.1, -0.05) is 23.8 Å². The summed E-state index contributed by atoms with van der Waals surface area (Å²) in [6.07, 6.45) is 6.83. The second kappa shape index (κ2) is 6.17. The molecule has 0 atom stereocenters. The van der Waals surface area contributed by atoms with E-state index in [0.717, 1.165) is 11.6 Å². The lowest BCUT2D eigenvalue weighted by Crippen LogP contribution is -2.46. The SMILES string of the molecule is Cc1ccc2nc(N3CCC(N4CCCCC4)CC3)sc2c1. The van der Waals surface area contributed by atoms with E-state index in [-0.39, 0.29) is 0 Å². The van der Waals surface area contributed by atoms with Gasteiger partial charge < -0.3 is 9.80 Å². The number of likely N-dealkylation sites (tertiary alicyclic amines) is 1. The zero-order valence-electron chi connectivity index (χ0n) is 13.4. The van der Waals surface area contributed by atoms with Gasteiger partial charge in [-0.15, -0.1) is 0 Å². The van der Waals surface area contributed by atoms with Crippen molar-refractivity contribution < 1.29 is 0 Å². The van der Waals surface area contributed by atoms with Crippen LogP contribution in [0.1, 0.15) is 37.7 Å². The molecule has 0 amide bonds. The summed E-state index contributed by atoms with van der Waals surface area (Å²) in [5.74, 6) is 0. The third-order valence-corrected chi connectivity index (χ3v) is 6.25. The van der Waals surface area contributed by atoms with Crippen molar-refractivity contribution in [2.45, 2.75) is 45.1 Å². The van der Waals surface area contributed by atoms with Crippen molar-refractivity contribution >= 4 is 26.7 Å². The summed E-state index contributed by atoms with van der Waals surface area (Å²) in [5.41, 5.74) is 2.48. The van der Waals surface area contributed by atoms with Crippen LogP contribution in [0, 0.1) is 6.92 Å². The van der Waals surface area contributed by atoms with E-state index in [0.29, 0.717) is 0 Å². The summed E-state index contributed by atoms with van der Waals surface area (Å²) < 4.78 is 1.33. The number of thiazole rings is 1. The molecule has 3 heterocycles. The number of piperidine rings is 2. The zero-order chi connectivity index (χ0) is 14.9. The molecule has 0 spiro atoms. The first-order chi connectivity index (χ1) is 10.8. The van der Waals surface area contributed by atoms with Gasteiger partial charge in [-0.3, -0.25) is 0 Å². The monoisotopic (exact) mass is 315 g/mol. The van der Waals surface area contributed by atoms with Gasteiger partial charge in [0.05, 0.1) is 10.2 Å². The molecular formula is C18H25N3S. The van der Waals surface area contributed by atoms with Crippen LogP contribution in [0.15, 0.2) is 18.2 Å². The summed E-state index contributed by atoms with van der Waals surface area (Å²) >= 11 is 1.86. The minimum atomic E-state index is 0.813. The molecule has 22 heavy (non-hydrogen) atoms. The van der Waals surface area contributed by atoms with Crippen LogP contribution in [0.25, 0.3) is 10.2 Å². The molecule has 2 fully saturated rings. The Morgan fingerprint density at radius 3 is 2.59 bits per heavy atom. The van der Waals surface area contributed by atoms with E-state index in [2.05, 4.69) is 34.9 Å². The van der Waals surface area contributed by atoms with Crippen molar-refractivity contribution in [2.24, 2.45) is 0 Å². The molecule has 0 saturated carbocycles. The Morgan fingerprint density at radius 1 is 1.05 bits per heavy atom.